The van der Waals surface area contributed by atoms with Crippen LogP contribution in [-0.4, -0.2) is 44.4 Å². The van der Waals surface area contributed by atoms with Crippen LogP contribution in [0.1, 0.15) is 6.42 Å². The van der Waals surface area contributed by atoms with Gasteiger partial charge < -0.3 is 15.0 Å². The number of nitrogens with one attached hydrogen (secondary N) is 1. The maximum absolute atomic E-state index is 5.43. The maximum Gasteiger partial charge on any atom is 0.0620 e. The van der Waals surface area contributed by atoms with Crippen LogP contribution in [0.4, 0.5) is 5.69 Å². The van der Waals surface area contributed by atoms with Crippen molar-refractivity contribution in [2.75, 3.05) is 38.3 Å². The molecule has 0 saturated carbocycles. The largest absolute Gasteiger partial charge is 0.379 e. The summed E-state index contributed by atoms with van der Waals surface area (Å²) in [6.07, 6.45) is 4.76. The molecule has 0 spiro atoms. The lowest BCUT2D eigenvalue weighted by atomic mass is 10.2. The summed E-state index contributed by atoms with van der Waals surface area (Å²) in [6.45, 7) is 3.69. The number of hydrogen-bond acceptors (Lipinski definition) is 4. The van der Waals surface area contributed by atoms with Gasteiger partial charge in [-0.05, 0) is 18.6 Å². The fraction of sp³-hybridized carbons (Fsp3) is 0.583. The van der Waals surface area contributed by atoms with Crippen molar-refractivity contribution in [2.45, 2.75) is 12.5 Å². The van der Waals surface area contributed by atoms with Gasteiger partial charge in [-0.3, -0.25) is 4.98 Å². The highest BCUT2D eigenvalue weighted by Gasteiger charge is 2.13. The number of rotatable bonds is 4. The van der Waals surface area contributed by atoms with Crippen LogP contribution in [-0.2, 0) is 4.74 Å². The van der Waals surface area contributed by atoms with Crippen LogP contribution in [0.15, 0.2) is 24.5 Å². The second-order valence-electron chi connectivity index (χ2n) is 4.14. The van der Waals surface area contributed by atoms with Crippen LogP contribution < -0.4 is 10.2 Å². The van der Waals surface area contributed by atoms with Crippen LogP contribution in [0.2, 0.25) is 0 Å². The van der Waals surface area contributed by atoms with Crippen molar-refractivity contribution < 1.29 is 4.74 Å². The predicted molar refractivity (Wildman–Crippen MR) is 64.7 cm³/mol. The number of anilines is 1. The third kappa shape index (κ3) is 3.18. The van der Waals surface area contributed by atoms with Gasteiger partial charge in [0.2, 0.25) is 0 Å². The quantitative estimate of drug-likeness (QED) is 0.819. The number of ether oxygens (including phenoxy) is 1. The summed E-state index contributed by atoms with van der Waals surface area (Å²) < 4.78 is 5.43. The highest BCUT2D eigenvalue weighted by molar-refractivity contribution is 5.43. The molecule has 1 atom stereocenters. The molecule has 0 radical (unpaired) electrons. The molecule has 2 rings (SSSR count). The summed E-state index contributed by atoms with van der Waals surface area (Å²) in [4.78, 5) is 6.27. The van der Waals surface area contributed by atoms with Crippen molar-refractivity contribution >= 4 is 5.69 Å². The van der Waals surface area contributed by atoms with Gasteiger partial charge in [0, 0.05) is 44.3 Å². The summed E-state index contributed by atoms with van der Waals surface area (Å²) in [5, 5.41) is 3.46. The molecule has 2 heterocycles. The fourth-order valence-electron chi connectivity index (χ4n) is 1.88. The first kappa shape index (κ1) is 11.4. The molecule has 0 amide bonds. The van der Waals surface area contributed by atoms with Crippen LogP contribution in [0.3, 0.4) is 0 Å². The van der Waals surface area contributed by atoms with Gasteiger partial charge in [-0.25, -0.2) is 0 Å². The van der Waals surface area contributed by atoms with Crippen LogP contribution in [0.25, 0.3) is 0 Å². The van der Waals surface area contributed by atoms with E-state index in [2.05, 4.69) is 22.2 Å². The second kappa shape index (κ2) is 5.82. The molecule has 1 N–H and O–H groups in total. The Kier molecular flexibility index (Phi) is 4.13. The second-order valence-corrected chi connectivity index (χ2v) is 4.14. The van der Waals surface area contributed by atoms with E-state index in [-0.39, 0.29) is 0 Å². The molecular formula is C12H19N3O. The van der Waals surface area contributed by atoms with Crippen molar-refractivity contribution in [3.8, 4) is 0 Å². The topological polar surface area (TPSA) is 37.4 Å². The predicted octanol–water partition coefficient (Wildman–Crippen LogP) is 0.896. The van der Waals surface area contributed by atoms with E-state index in [4.69, 9.17) is 4.74 Å². The highest BCUT2D eigenvalue weighted by atomic mass is 16.5. The average Bonchev–Trinajstić information content (AvgIpc) is 2.38. The Labute approximate surface area is 96.6 Å². The van der Waals surface area contributed by atoms with Crippen molar-refractivity contribution in [3.05, 3.63) is 24.5 Å². The Morgan fingerprint density at radius 1 is 1.50 bits per heavy atom. The molecule has 1 fully saturated rings. The van der Waals surface area contributed by atoms with E-state index in [1.54, 1.807) is 0 Å². The molecule has 0 bridgehead atoms. The molecule has 16 heavy (non-hydrogen) atoms. The molecule has 0 aliphatic carbocycles. The standard InChI is InChI=1S/C12H19N3O/c1-15(12-2-5-13-6-3-12)8-4-11-10-16-9-7-14-11/h2-3,5-6,11,14H,4,7-10H2,1H3. The van der Waals surface area contributed by atoms with Gasteiger partial charge in [0.25, 0.3) is 0 Å². The number of nitrogens with zero attached hydrogens (tertiary/aromatic N) is 2. The normalized spacial score (nSPS) is 20.7. The van der Waals surface area contributed by atoms with Crippen LogP contribution in [0, 0.1) is 0 Å². The fourth-order valence-corrected chi connectivity index (χ4v) is 1.88. The van der Waals surface area contributed by atoms with E-state index >= 15 is 0 Å². The first-order chi connectivity index (χ1) is 7.86. The first-order valence-corrected chi connectivity index (χ1v) is 5.78. The minimum absolute atomic E-state index is 0.498. The zero-order chi connectivity index (χ0) is 11.2. The average molecular weight is 221 g/mol. The Balaban J connectivity index is 1.77. The van der Waals surface area contributed by atoms with Crippen molar-refractivity contribution in [1.82, 2.24) is 10.3 Å². The molecule has 88 valence electrons. The molecule has 1 aromatic rings. The number of hydrogen-bond donors (Lipinski definition) is 1. The lowest BCUT2D eigenvalue weighted by Gasteiger charge is -2.26. The third-order valence-electron chi connectivity index (χ3n) is 2.91. The van der Waals surface area contributed by atoms with Crippen molar-refractivity contribution in [2.24, 2.45) is 0 Å². The summed E-state index contributed by atoms with van der Waals surface area (Å²) in [6, 6.07) is 4.56. The molecular weight excluding hydrogens is 202 g/mol. The highest BCUT2D eigenvalue weighted by Crippen LogP contribution is 2.11. The van der Waals surface area contributed by atoms with Gasteiger partial charge >= 0.3 is 0 Å². The Morgan fingerprint density at radius 3 is 3.00 bits per heavy atom. The Morgan fingerprint density at radius 2 is 2.31 bits per heavy atom. The van der Waals surface area contributed by atoms with E-state index < -0.39 is 0 Å². The number of pyridine rings is 1. The van der Waals surface area contributed by atoms with Crippen molar-refractivity contribution in [3.63, 3.8) is 0 Å². The maximum atomic E-state index is 5.43. The summed E-state index contributed by atoms with van der Waals surface area (Å²) in [5.74, 6) is 0. The Bertz CT molecular complexity index is 298. The molecule has 1 saturated heterocycles. The van der Waals surface area contributed by atoms with Crippen LogP contribution in [0.5, 0.6) is 0 Å². The van der Waals surface area contributed by atoms with E-state index in [0.717, 1.165) is 32.7 Å². The molecule has 4 heteroatoms. The number of aromatic nitrogens is 1. The molecule has 1 aliphatic rings. The number of morpholine rings is 1. The summed E-state index contributed by atoms with van der Waals surface area (Å²) >= 11 is 0. The summed E-state index contributed by atoms with van der Waals surface area (Å²) in [7, 11) is 2.11. The van der Waals surface area contributed by atoms with Gasteiger partial charge in [0.05, 0.1) is 13.2 Å². The zero-order valence-electron chi connectivity index (χ0n) is 9.72. The smallest absolute Gasteiger partial charge is 0.0620 e. The molecule has 0 aromatic carbocycles. The first-order valence-electron chi connectivity index (χ1n) is 5.78. The van der Waals surface area contributed by atoms with Gasteiger partial charge in [-0.1, -0.05) is 0 Å². The van der Waals surface area contributed by atoms with Gasteiger partial charge in [0.15, 0.2) is 0 Å². The molecule has 4 nitrogen and oxygen atoms in total. The van der Waals surface area contributed by atoms with Crippen molar-refractivity contribution in [1.29, 1.82) is 0 Å². The summed E-state index contributed by atoms with van der Waals surface area (Å²) in [5.41, 5.74) is 1.21. The molecule has 1 aliphatic heterocycles. The van der Waals surface area contributed by atoms with E-state index in [1.165, 1.54) is 5.69 Å². The van der Waals surface area contributed by atoms with Gasteiger partial charge in [-0.15, -0.1) is 0 Å². The minimum Gasteiger partial charge on any atom is -0.379 e. The van der Waals surface area contributed by atoms with E-state index in [0.29, 0.717) is 6.04 Å². The lowest BCUT2D eigenvalue weighted by molar-refractivity contribution is 0.0749. The Hall–Kier alpha value is -1.13. The zero-order valence-corrected chi connectivity index (χ0v) is 9.72. The van der Waals surface area contributed by atoms with Gasteiger partial charge in [0.1, 0.15) is 0 Å². The van der Waals surface area contributed by atoms with Crippen LogP contribution >= 0.6 is 0 Å². The molecule has 1 aromatic heterocycles. The lowest BCUT2D eigenvalue weighted by Crippen LogP contribution is -2.42. The molecule has 1 unspecified atom stereocenters. The SMILES string of the molecule is CN(CCC1COCCN1)c1ccncc1. The van der Waals surface area contributed by atoms with E-state index in [1.807, 2.05) is 24.5 Å². The van der Waals surface area contributed by atoms with Gasteiger partial charge in [-0.2, -0.15) is 0 Å². The third-order valence-corrected chi connectivity index (χ3v) is 2.91. The van der Waals surface area contributed by atoms with E-state index in [9.17, 15) is 0 Å². The monoisotopic (exact) mass is 221 g/mol. The minimum atomic E-state index is 0.498.